The van der Waals surface area contributed by atoms with Crippen LogP contribution in [0.5, 0.6) is 0 Å². The van der Waals surface area contributed by atoms with Gasteiger partial charge in [-0.1, -0.05) is 41.0 Å². The Morgan fingerprint density at radius 3 is 2.53 bits per heavy atom. The molecule has 0 aliphatic carbocycles. The van der Waals surface area contributed by atoms with Gasteiger partial charge in [0.05, 0.1) is 0 Å². The number of nitrogens with one attached hydrogen (secondary N) is 1. The zero-order valence-corrected chi connectivity index (χ0v) is 12.9. The van der Waals surface area contributed by atoms with Gasteiger partial charge in [0.2, 0.25) is 0 Å². The SMILES string of the molecule is CCCC(C)(C)CC(C)(C)c1ccc2cc[nH]c2n1. The molecule has 0 saturated heterocycles. The summed E-state index contributed by atoms with van der Waals surface area (Å²) in [6, 6.07) is 6.42. The third-order valence-corrected chi connectivity index (χ3v) is 3.95. The molecule has 0 unspecified atom stereocenters. The quantitative estimate of drug-likeness (QED) is 0.798. The number of H-pyrrole nitrogens is 1. The lowest BCUT2D eigenvalue weighted by molar-refractivity contribution is 0.234. The molecular formula is C17H26N2. The Bertz CT molecular complexity index is 549. The predicted molar refractivity (Wildman–Crippen MR) is 82.4 cm³/mol. The summed E-state index contributed by atoms with van der Waals surface area (Å²) in [5.74, 6) is 0. The van der Waals surface area contributed by atoms with Gasteiger partial charge in [-0.05, 0) is 36.5 Å². The first kappa shape index (κ1) is 14.1. The molecular weight excluding hydrogens is 232 g/mol. The van der Waals surface area contributed by atoms with Crippen molar-refractivity contribution >= 4 is 11.0 Å². The Hall–Kier alpha value is -1.31. The first-order chi connectivity index (χ1) is 8.84. The van der Waals surface area contributed by atoms with Crippen molar-refractivity contribution in [3.8, 4) is 0 Å². The van der Waals surface area contributed by atoms with E-state index in [1.807, 2.05) is 6.20 Å². The van der Waals surface area contributed by atoms with Crippen molar-refractivity contribution in [3.05, 3.63) is 30.1 Å². The second-order valence-electron chi connectivity index (χ2n) is 7.09. The Kier molecular flexibility index (Phi) is 3.71. The van der Waals surface area contributed by atoms with Gasteiger partial charge in [-0.25, -0.2) is 4.98 Å². The molecule has 2 rings (SSSR count). The zero-order valence-electron chi connectivity index (χ0n) is 12.9. The molecule has 0 aliphatic rings. The van der Waals surface area contributed by atoms with Crippen molar-refractivity contribution in [2.45, 2.75) is 59.3 Å². The first-order valence-corrected chi connectivity index (χ1v) is 7.29. The van der Waals surface area contributed by atoms with Crippen molar-refractivity contribution in [1.29, 1.82) is 0 Å². The highest BCUT2D eigenvalue weighted by Gasteiger charge is 2.30. The summed E-state index contributed by atoms with van der Waals surface area (Å²) < 4.78 is 0. The largest absolute Gasteiger partial charge is 0.346 e. The van der Waals surface area contributed by atoms with Crippen LogP contribution >= 0.6 is 0 Å². The average molecular weight is 258 g/mol. The van der Waals surface area contributed by atoms with E-state index in [2.05, 4.69) is 57.8 Å². The Labute approximate surface area is 116 Å². The molecule has 0 radical (unpaired) electrons. The van der Waals surface area contributed by atoms with E-state index in [0.29, 0.717) is 5.41 Å². The van der Waals surface area contributed by atoms with Gasteiger partial charge in [0.15, 0.2) is 0 Å². The Balaban J connectivity index is 2.27. The summed E-state index contributed by atoms with van der Waals surface area (Å²) in [7, 11) is 0. The molecule has 0 amide bonds. The minimum Gasteiger partial charge on any atom is -0.346 e. The summed E-state index contributed by atoms with van der Waals surface area (Å²) in [4.78, 5) is 8.00. The standard InChI is InChI=1S/C17H26N2/c1-6-10-16(2,3)12-17(4,5)14-8-7-13-9-11-18-15(13)19-14/h7-9,11H,6,10,12H2,1-5H3,(H,18,19). The van der Waals surface area contributed by atoms with Crippen LogP contribution in [0, 0.1) is 5.41 Å². The molecule has 2 nitrogen and oxygen atoms in total. The molecule has 2 heteroatoms. The third-order valence-electron chi connectivity index (χ3n) is 3.95. The van der Waals surface area contributed by atoms with Gasteiger partial charge in [-0.2, -0.15) is 0 Å². The molecule has 0 saturated carbocycles. The van der Waals surface area contributed by atoms with Gasteiger partial charge in [-0.15, -0.1) is 0 Å². The van der Waals surface area contributed by atoms with E-state index in [1.165, 1.54) is 23.9 Å². The molecule has 0 aliphatic heterocycles. The third kappa shape index (κ3) is 3.17. The maximum Gasteiger partial charge on any atom is 0.137 e. The van der Waals surface area contributed by atoms with Crippen molar-refractivity contribution < 1.29 is 0 Å². The van der Waals surface area contributed by atoms with Crippen LogP contribution in [0.1, 0.15) is 59.6 Å². The molecule has 104 valence electrons. The number of nitrogens with zero attached hydrogens (tertiary/aromatic N) is 1. The van der Waals surface area contributed by atoms with Gasteiger partial charge in [0.25, 0.3) is 0 Å². The fraction of sp³-hybridized carbons (Fsp3) is 0.588. The van der Waals surface area contributed by atoms with Crippen LogP contribution in [-0.2, 0) is 5.41 Å². The van der Waals surface area contributed by atoms with E-state index in [0.717, 1.165) is 12.1 Å². The van der Waals surface area contributed by atoms with E-state index in [4.69, 9.17) is 4.98 Å². The lowest BCUT2D eigenvalue weighted by Gasteiger charge is -2.34. The number of hydrogen-bond donors (Lipinski definition) is 1. The molecule has 0 fully saturated rings. The Morgan fingerprint density at radius 1 is 1.11 bits per heavy atom. The maximum absolute atomic E-state index is 4.80. The smallest absolute Gasteiger partial charge is 0.137 e. The molecule has 2 aromatic heterocycles. The fourth-order valence-corrected chi connectivity index (χ4v) is 3.36. The van der Waals surface area contributed by atoms with Crippen LogP contribution in [0.3, 0.4) is 0 Å². The van der Waals surface area contributed by atoms with Gasteiger partial charge < -0.3 is 4.98 Å². The summed E-state index contributed by atoms with van der Waals surface area (Å²) in [6.07, 6.45) is 5.62. The number of aromatic nitrogens is 2. The van der Waals surface area contributed by atoms with Crippen LogP contribution in [0.15, 0.2) is 24.4 Å². The van der Waals surface area contributed by atoms with Crippen LogP contribution in [0.2, 0.25) is 0 Å². The highest BCUT2D eigenvalue weighted by atomic mass is 14.9. The normalized spacial score (nSPS) is 13.1. The van der Waals surface area contributed by atoms with Crippen molar-refractivity contribution in [2.24, 2.45) is 5.41 Å². The van der Waals surface area contributed by atoms with E-state index < -0.39 is 0 Å². The molecule has 19 heavy (non-hydrogen) atoms. The first-order valence-electron chi connectivity index (χ1n) is 7.29. The maximum atomic E-state index is 4.80. The average Bonchev–Trinajstić information content (AvgIpc) is 2.73. The van der Waals surface area contributed by atoms with E-state index >= 15 is 0 Å². The number of pyridine rings is 1. The molecule has 0 spiro atoms. The number of fused-ring (bicyclic) bond motifs is 1. The highest BCUT2D eigenvalue weighted by Crippen LogP contribution is 2.38. The lowest BCUT2D eigenvalue weighted by Crippen LogP contribution is -2.27. The molecule has 0 atom stereocenters. The molecule has 2 heterocycles. The number of hydrogen-bond acceptors (Lipinski definition) is 1. The van der Waals surface area contributed by atoms with Crippen molar-refractivity contribution in [2.75, 3.05) is 0 Å². The monoisotopic (exact) mass is 258 g/mol. The molecule has 0 bridgehead atoms. The van der Waals surface area contributed by atoms with E-state index in [9.17, 15) is 0 Å². The molecule has 2 aromatic rings. The van der Waals surface area contributed by atoms with Gasteiger partial charge in [0, 0.05) is 22.7 Å². The van der Waals surface area contributed by atoms with Crippen LogP contribution < -0.4 is 0 Å². The molecule has 0 aromatic carbocycles. The zero-order chi connectivity index (χ0) is 14.1. The van der Waals surface area contributed by atoms with Crippen molar-refractivity contribution in [1.82, 2.24) is 9.97 Å². The summed E-state index contributed by atoms with van der Waals surface area (Å²) in [5.41, 5.74) is 2.66. The highest BCUT2D eigenvalue weighted by molar-refractivity contribution is 5.75. The van der Waals surface area contributed by atoms with Gasteiger partial charge >= 0.3 is 0 Å². The minimum absolute atomic E-state index is 0.109. The van der Waals surface area contributed by atoms with E-state index in [-0.39, 0.29) is 5.41 Å². The summed E-state index contributed by atoms with van der Waals surface area (Å²) in [5, 5.41) is 1.19. The van der Waals surface area contributed by atoms with Gasteiger partial charge in [0.1, 0.15) is 5.65 Å². The van der Waals surface area contributed by atoms with Gasteiger partial charge in [-0.3, -0.25) is 0 Å². The summed E-state index contributed by atoms with van der Waals surface area (Å²) in [6.45, 7) is 11.6. The van der Waals surface area contributed by atoms with Crippen LogP contribution in [0.25, 0.3) is 11.0 Å². The topological polar surface area (TPSA) is 28.7 Å². The van der Waals surface area contributed by atoms with Crippen LogP contribution in [-0.4, -0.2) is 9.97 Å². The Morgan fingerprint density at radius 2 is 1.84 bits per heavy atom. The van der Waals surface area contributed by atoms with Crippen LogP contribution in [0.4, 0.5) is 0 Å². The minimum atomic E-state index is 0.109. The fourth-order valence-electron chi connectivity index (χ4n) is 3.36. The predicted octanol–water partition coefficient (Wildman–Crippen LogP) is 5.06. The number of aromatic amines is 1. The van der Waals surface area contributed by atoms with E-state index in [1.54, 1.807) is 0 Å². The number of rotatable bonds is 5. The second-order valence-corrected chi connectivity index (χ2v) is 7.09. The lowest BCUT2D eigenvalue weighted by atomic mass is 9.71. The second kappa shape index (κ2) is 4.99. The molecule has 1 N–H and O–H groups in total. The van der Waals surface area contributed by atoms with Crippen molar-refractivity contribution in [3.63, 3.8) is 0 Å². The summed E-state index contributed by atoms with van der Waals surface area (Å²) >= 11 is 0.